The summed E-state index contributed by atoms with van der Waals surface area (Å²) in [6.45, 7) is 6.09. The summed E-state index contributed by atoms with van der Waals surface area (Å²) in [7, 11) is 0. The second-order valence-electron chi connectivity index (χ2n) is 8.31. The number of imidazole rings is 1. The number of hydrogen-bond acceptors (Lipinski definition) is 7. The van der Waals surface area contributed by atoms with Crippen molar-refractivity contribution in [2.24, 2.45) is 0 Å². The monoisotopic (exact) mass is 398 g/mol. The molecule has 2 fully saturated rings. The van der Waals surface area contributed by atoms with Gasteiger partial charge in [0.15, 0.2) is 5.82 Å². The fourth-order valence-electron chi connectivity index (χ4n) is 3.92. The van der Waals surface area contributed by atoms with E-state index in [0.29, 0.717) is 19.0 Å². The second kappa shape index (κ2) is 6.89. The lowest BCUT2D eigenvalue weighted by Crippen LogP contribution is -2.43. The first-order valence-electron chi connectivity index (χ1n) is 10.3. The van der Waals surface area contributed by atoms with Crippen LogP contribution in [-0.4, -0.2) is 62.0 Å². The van der Waals surface area contributed by atoms with Gasteiger partial charge in [-0.2, -0.15) is 0 Å². The Balaban J connectivity index is 1.22. The maximum Gasteiger partial charge on any atom is 0.410 e. The summed E-state index contributed by atoms with van der Waals surface area (Å²) in [5, 5.41) is 2.10. The summed E-state index contributed by atoms with van der Waals surface area (Å²) in [5.74, 6) is 2.48. The number of piperidine rings is 1. The molecule has 0 bridgehead atoms. The number of ether oxygens (including phenoxy) is 2. The lowest BCUT2D eigenvalue weighted by atomic mass is 10.1. The number of hydrogen-bond donors (Lipinski definition) is 0. The lowest BCUT2D eigenvalue weighted by Gasteiger charge is -2.32. The van der Waals surface area contributed by atoms with Crippen molar-refractivity contribution in [3.05, 3.63) is 30.1 Å². The van der Waals surface area contributed by atoms with Gasteiger partial charge in [-0.05, 0) is 26.7 Å². The number of carbonyl (C=O) groups is 1. The number of anilines is 1. The molecule has 3 aliphatic rings. The van der Waals surface area contributed by atoms with E-state index in [4.69, 9.17) is 9.47 Å². The molecule has 1 saturated heterocycles. The van der Waals surface area contributed by atoms with E-state index < -0.39 is 0 Å². The van der Waals surface area contributed by atoms with Crippen LogP contribution in [0.15, 0.2) is 18.7 Å². The summed E-state index contributed by atoms with van der Waals surface area (Å²) in [4.78, 5) is 27.3. The Morgan fingerprint density at radius 3 is 2.72 bits per heavy atom. The third kappa shape index (κ3) is 3.49. The standard InChI is InChI=1S/C20H26N6O3/c1-14-17(26-11-5-16-21-8-12-25(16)26)22-13-23-18(14)28-15-3-9-24(10-4-15)19(27)29-20(2)6-7-20/h8,12-13,15H,3-7,9-11H2,1-2H3. The van der Waals surface area contributed by atoms with Crippen LogP contribution in [0.4, 0.5) is 10.6 Å². The van der Waals surface area contributed by atoms with Gasteiger partial charge >= 0.3 is 6.09 Å². The predicted octanol–water partition coefficient (Wildman–Crippen LogP) is 2.34. The molecular formula is C20H26N6O3. The average molecular weight is 398 g/mol. The molecule has 1 saturated carbocycles. The maximum absolute atomic E-state index is 12.3. The predicted molar refractivity (Wildman–Crippen MR) is 105 cm³/mol. The fourth-order valence-corrected chi connectivity index (χ4v) is 3.92. The first kappa shape index (κ1) is 18.2. The molecule has 9 nitrogen and oxygen atoms in total. The summed E-state index contributed by atoms with van der Waals surface area (Å²) < 4.78 is 13.8. The van der Waals surface area contributed by atoms with Crippen molar-refractivity contribution in [1.82, 2.24) is 24.5 Å². The van der Waals surface area contributed by atoms with Crippen LogP contribution in [-0.2, 0) is 11.2 Å². The Hall–Kier alpha value is -2.84. The Morgan fingerprint density at radius 2 is 1.97 bits per heavy atom. The Labute approximate surface area is 169 Å². The second-order valence-corrected chi connectivity index (χ2v) is 8.31. The molecule has 0 atom stereocenters. The highest BCUT2D eigenvalue weighted by atomic mass is 16.6. The van der Waals surface area contributed by atoms with Crippen molar-refractivity contribution in [3.63, 3.8) is 0 Å². The highest BCUT2D eigenvalue weighted by Gasteiger charge is 2.43. The molecule has 9 heteroatoms. The molecule has 29 heavy (non-hydrogen) atoms. The van der Waals surface area contributed by atoms with Gasteiger partial charge in [-0.15, -0.1) is 0 Å². The molecule has 1 amide bonds. The molecule has 0 aromatic carbocycles. The van der Waals surface area contributed by atoms with Crippen LogP contribution in [0, 0.1) is 6.92 Å². The van der Waals surface area contributed by atoms with Crippen molar-refractivity contribution in [2.75, 3.05) is 24.6 Å². The molecule has 154 valence electrons. The average Bonchev–Trinajstić information content (AvgIpc) is 3.10. The molecule has 0 unspecified atom stereocenters. The van der Waals surface area contributed by atoms with Crippen molar-refractivity contribution < 1.29 is 14.3 Å². The topological polar surface area (TPSA) is 85.6 Å². The van der Waals surface area contributed by atoms with E-state index >= 15 is 0 Å². The van der Waals surface area contributed by atoms with E-state index in [9.17, 15) is 4.79 Å². The minimum Gasteiger partial charge on any atom is -0.474 e. The van der Waals surface area contributed by atoms with E-state index in [1.807, 2.05) is 24.7 Å². The van der Waals surface area contributed by atoms with Crippen LogP contribution in [0.5, 0.6) is 5.88 Å². The molecule has 5 rings (SSSR count). The third-order valence-electron chi connectivity index (χ3n) is 6.03. The highest BCUT2D eigenvalue weighted by molar-refractivity contribution is 5.68. The highest BCUT2D eigenvalue weighted by Crippen LogP contribution is 2.39. The zero-order chi connectivity index (χ0) is 20.0. The van der Waals surface area contributed by atoms with E-state index in [0.717, 1.165) is 55.9 Å². The molecular weight excluding hydrogens is 372 g/mol. The van der Waals surface area contributed by atoms with Gasteiger partial charge in [0.2, 0.25) is 5.88 Å². The number of likely N-dealkylation sites (tertiary alicyclic amines) is 1. The summed E-state index contributed by atoms with van der Waals surface area (Å²) in [6, 6.07) is 0. The minimum atomic E-state index is -0.233. The summed E-state index contributed by atoms with van der Waals surface area (Å²) in [6.07, 6.45) is 9.47. The molecule has 4 heterocycles. The van der Waals surface area contributed by atoms with E-state index in [1.165, 1.54) is 0 Å². The van der Waals surface area contributed by atoms with Crippen LogP contribution in [0.2, 0.25) is 0 Å². The molecule has 1 aliphatic carbocycles. The number of rotatable bonds is 4. The summed E-state index contributed by atoms with van der Waals surface area (Å²) >= 11 is 0. The Kier molecular flexibility index (Phi) is 4.33. The first-order chi connectivity index (χ1) is 14.0. The smallest absolute Gasteiger partial charge is 0.410 e. The number of fused-ring (bicyclic) bond motifs is 1. The van der Waals surface area contributed by atoms with Crippen molar-refractivity contribution in [1.29, 1.82) is 0 Å². The zero-order valence-corrected chi connectivity index (χ0v) is 16.9. The van der Waals surface area contributed by atoms with Crippen LogP contribution in [0.1, 0.15) is 44.0 Å². The maximum atomic E-state index is 12.3. The van der Waals surface area contributed by atoms with Gasteiger partial charge in [-0.25, -0.2) is 24.4 Å². The molecule has 0 spiro atoms. The SMILES string of the molecule is Cc1c(OC2CCN(C(=O)OC3(C)CC3)CC2)ncnc1N1CCc2nccn21. The van der Waals surface area contributed by atoms with Crippen LogP contribution in [0.25, 0.3) is 0 Å². The largest absolute Gasteiger partial charge is 0.474 e. The van der Waals surface area contributed by atoms with Crippen LogP contribution in [0.3, 0.4) is 0 Å². The van der Waals surface area contributed by atoms with Crippen LogP contribution < -0.4 is 9.75 Å². The van der Waals surface area contributed by atoms with Gasteiger partial charge in [-0.1, -0.05) is 0 Å². The quantitative estimate of drug-likeness (QED) is 0.781. The van der Waals surface area contributed by atoms with Gasteiger partial charge < -0.3 is 14.4 Å². The molecule has 0 N–H and O–H groups in total. The van der Waals surface area contributed by atoms with Gasteiger partial charge in [-0.3, -0.25) is 5.01 Å². The number of nitrogens with zero attached hydrogens (tertiary/aromatic N) is 6. The fraction of sp³-hybridized carbons (Fsp3) is 0.600. The minimum absolute atomic E-state index is 0.0272. The van der Waals surface area contributed by atoms with Crippen molar-refractivity contribution >= 4 is 11.9 Å². The molecule has 2 aromatic rings. The number of amides is 1. The van der Waals surface area contributed by atoms with Crippen molar-refractivity contribution in [3.8, 4) is 5.88 Å². The van der Waals surface area contributed by atoms with Gasteiger partial charge in [0.05, 0.1) is 5.56 Å². The van der Waals surface area contributed by atoms with Gasteiger partial charge in [0, 0.05) is 51.3 Å². The van der Waals surface area contributed by atoms with Crippen LogP contribution >= 0.6 is 0 Å². The Bertz CT molecular complexity index is 917. The van der Waals surface area contributed by atoms with E-state index in [1.54, 1.807) is 17.4 Å². The van der Waals surface area contributed by atoms with E-state index in [-0.39, 0.29) is 17.8 Å². The van der Waals surface area contributed by atoms with Crippen molar-refractivity contribution in [2.45, 2.75) is 57.7 Å². The normalized spacial score (nSPS) is 20.5. The molecule has 0 radical (unpaired) electrons. The number of aromatic nitrogens is 4. The third-order valence-corrected chi connectivity index (χ3v) is 6.03. The lowest BCUT2D eigenvalue weighted by molar-refractivity contribution is 0.0379. The van der Waals surface area contributed by atoms with Gasteiger partial charge in [0.25, 0.3) is 0 Å². The zero-order valence-electron chi connectivity index (χ0n) is 16.9. The van der Waals surface area contributed by atoms with E-state index in [2.05, 4.69) is 20.0 Å². The molecule has 2 aromatic heterocycles. The first-order valence-corrected chi connectivity index (χ1v) is 10.3. The molecule has 2 aliphatic heterocycles. The Morgan fingerprint density at radius 1 is 1.17 bits per heavy atom. The summed E-state index contributed by atoms with van der Waals surface area (Å²) in [5.41, 5.74) is 0.682. The van der Waals surface area contributed by atoms with Gasteiger partial charge in [0.1, 0.15) is 23.9 Å². The number of carbonyl (C=O) groups excluding carboxylic acids is 1.